The maximum atomic E-state index is 12.3. The molecule has 2 nitrogen and oxygen atoms in total. The maximum absolute atomic E-state index is 12.3. The van der Waals surface area contributed by atoms with Crippen LogP contribution in [0.2, 0.25) is 0 Å². The second-order valence-electron chi connectivity index (χ2n) is 5.12. The Kier molecular flexibility index (Phi) is 2.31. The van der Waals surface area contributed by atoms with Crippen molar-refractivity contribution >= 4 is 11.6 Å². The summed E-state index contributed by atoms with van der Waals surface area (Å²) >= 11 is 0. The zero-order valence-corrected chi connectivity index (χ0v) is 9.26. The second kappa shape index (κ2) is 3.69. The molecule has 3 aliphatic rings. The molecular weight excluding hydrogens is 200 g/mol. The van der Waals surface area contributed by atoms with Gasteiger partial charge in [0.05, 0.1) is 0 Å². The van der Waals surface area contributed by atoms with Crippen LogP contribution >= 0.6 is 0 Å². The summed E-state index contributed by atoms with van der Waals surface area (Å²) in [7, 11) is 0. The van der Waals surface area contributed by atoms with E-state index in [0.717, 1.165) is 25.7 Å². The van der Waals surface area contributed by atoms with Crippen molar-refractivity contribution in [2.75, 3.05) is 0 Å². The lowest BCUT2D eigenvalue weighted by atomic mass is 9.60. The fourth-order valence-corrected chi connectivity index (χ4v) is 3.44. The quantitative estimate of drug-likeness (QED) is 0.582. The summed E-state index contributed by atoms with van der Waals surface area (Å²) in [6.45, 7) is 0. The van der Waals surface area contributed by atoms with Crippen LogP contribution in [0.3, 0.4) is 0 Å². The highest BCUT2D eigenvalue weighted by atomic mass is 16.1. The van der Waals surface area contributed by atoms with E-state index in [-0.39, 0.29) is 23.7 Å². The molecule has 0 aromatic heterocycles. The Morgan fingerprint density at radius 1 is 0.625 bits per heavy atom. The van der Waals surface area contributed by atoms with Gasteiger partial charge in [0, 0.05) is 23.7 Å². The van der Waals surface area contributed by atoms with Gasteiger partial charge >= 0.3 is 0 Å². The van der Waals surface area contributed by atoms with Gasteiger partial charge in [-0.25, -0.2) is 0 Å². The first-order valence-electron chi connectivity index (χ1n) is 6.16. The Labute approximate surface area is 95.4 Å². The molecule has 0 N–H and O–H groups in total. The van der Waals surface area contributed by atoms with E-state index in [9.17, 15) is 9.59 Å². The molecule has 0 aromatic rings. The summed E-state index contributed by atoms with van der Waals surface area (Å²) in [4.78, 5) is 24.6. The molecule has 84 valence electrons. The molecule has 0 unspecified atom stereocenters. The zero-order valence-electron chi connectivity index (χ0n) is 9.26. The third kappa shape index (κ3) is 1.32. The minimum Gasteiger partial charge on any atom is -0.299 e. The van der Waals surface area contributed by atoms with Crippen molar-refractivity contribution in [3.63, 3.8) is 0 Å². The Balaban J connectivity index is 1.96. The van der Waals surface area contributed by atoms with E-state index >= 15 is 0 Å². The van der Waals surface area contributed by atoms with Gasteiger partial charge in [-0.1, -0.05) is 24.3 Å². The van der Waals surface area contributed by atoms with Crippen molar-refractivity contribution in [1.29, 1.82) is 0 Å². The highest BCUT2D eigenvalue weighted by Gasteiger charge is 2.48. The monoisotopic (exact) mass is 216 g/mol. The molecule has 0 aromatic carbocycles. The van der Waals surface area contributed by atoms with E-state index < -0.39 is 0 Å². The topological polar surface area (TPSA) is 34.1 Å². The van der Waals surface area contributed by atoms with E-state index in [4.69, 9.17) is 0 Å². The summed E-state index contributed by atoms with van der Waals surface area (Å²) in [6, 6.07) is 0. The molecule has 0 spiro atoms. The second-order valence-corrected chi connectivity index (χ2v) is 5.12. The van der Waals surface area contributed by atoms with E-state index in [1.807, 2.05) is 0 Å². The smallest absolute Gasteiger partial charge is 0.141 e. The molecular formula is C14H16O2. The van der Waals surface area contributed by atoms with Gasteiger partial charge in [-0.2, -0.15) is 0 Å². The van der Waals surface area contributed by atoms with Crippen LogP contribution in [0, 0.1) is 23.7 Å². The normalized spacial score (nSPS) is 41.8. The first-order valence-corrected chi connectivity index (χ1v) is 6.16. The van der Waals surface area contributed by atoms with Crippen LogP contribution in [-0.4, -0.2) is 11.6 Å². The van der Waals surface area contributed by atoms with Crippen LogP contribution in [-0.2, 0) is 9.59 Å². The molecule has 1 saturated carbocycles. The van der Waals surface area contributed by atoms with Crippen LogP contribution < -0.4 is 0 Å². The average molecular weight is 216 g/mol. The van der Waals surface area contributed by atoms with Gasteiger partial charge in [0.15, 0.2) is 0 Å². The summed E-state index contributed by atoms with van der Waals surface area (Å²) in [6.07, 6.45) is 11.4. The van der Waals surface area contributed by atoms with Crippen molar-refractivity contribution in [1.82, 2.24) is 0 Å². The fraction of sp³-hybridized carbons (Fsp3) is 0.571. The van der Waals surface area contributed by atoms with Crippen LogP contribution in [0.5, 0.6) is 0 Å². The number of rotatable bonds is 0. The highest BCUT2D eigenvalue weighted by Crippen LogP contribution is 2.43. The number of hydrogen-bond acceptors (Lipinski definition) is 2. The average Bonchev–Trinajstić information content (AvgIpc) is 2.36. The molecule has 16 heavy (non-hydrogen) atoms. The number of hydrogen-bond donors (Lipinski definition) is 0. The lowest BCUT2D eigenvalue weighted by molar-refractivity contribution is -0.147. The van der Waals surface area contributed by atoms with Gasteiger partial charge in [-0.3, -0.25) is 9.59 Å². The molecule has 0 saturated heterocycles. The van der Waals surface area contributed by atoms with Crippen molar-refractivity contribution in [3.8, 4) is 0 Å². The molecule has 2 heteroatoms. The summed E-state index contributed by atoms with van der Waals surface area (Å²) in [5, 5.41) is 0. The predicted molar refractivity (Wildman–Crippen MR) is 60.7 cm³/mol. The van der Waals surface area contributed by atoms with Gasteiger partial charge in [0.2, 0.25) is 0 Å². The maximum Gasteiger partial charge on any atom is 0.141 e. The van der Waals surface area contributed by atoms with Gasteiger partial charge < -0.3 is 0 Å². The van der Waals surface area contributed by atoms with Crippen LogP contribution in [0.25, 0.3) is 0 Å². The van der Waals surface area contributed by atoms with E-state index in [1.54, 1.807) is 0 Å². The van der Waals surface area contributed by atoms with E-state index in [0.29, 0.717) is 11.6 Å². The van der Waals surface area contributed by atoms with Gasteiger partial charge in [-0.05, 0) is 25.7 Å². The van der Waals surface area contributed by atoms with Gasteiger partial charge in [0.1, 0.15) is 11.6 Å². The van der Waals surface area contributed by atoms with Crippen molar-refractivity contribution in [3.05, 3.63) is 24.3 Å². The summed E-state index contributed by atoms with van der Waals surface area (Å²) < 4.78 is 0. The predicted octanol–water partition coefficient (Wildman–Crippen LogP) is 2.30. The molecule has 1 fully saturated rings. The van der Waals surface area contributed by atoms with E-state index in [1.165, 1.54) is 0 Å². The number of carbonyl (C=O) groups excluding carboxylic acids is 2. The third-order valence-electron chi connectivity index (χ3n) is 4.33. The number of ketones is 2. The summed E-state index contributed by atoms with van der Waals surface area (Å²) in [5.41, 5.74) is 0. The lowest BCUT2D eigenvalue weighted by Crippen LogP contribution is -2.48. The third-order valence-corrected chi connectivity index (χ3v) is 4.33. The van der Waals surface area contributed by atoms with Crippen molar-refractivity contribution < 1.29 is 9.59 Å². The number of Topliss-reactive ketones (excluding diaryl/α,β-unsaturated/α-hetero) is 2. The SMILES string of the molecule is O=C1[C@H]2CC=CC[C@@H]2C(=O)[C@@H]2CC=CC[C@H]12. The first-order chi connectivity index (χ1) is 7.79. The van der Waals surface area contributed by atoms with Crippen LogP contribution in [0.15, 0.2) is 24.3 Å². The van der Waals surface area contributed by atoms with Crippen LogP contribution in [0.1, 0.15) is 25.7 Å². The highest BCUT2D eigenvalue weighted by molar-refractivity contribution is 6.00. The fourth-order valence-electron chi connectivity index (χ4n) is 3.44. The van der Waals surface area contributed by atoms with E-state index in [2.05, 4.69) is 24.3 Å². The molecule has 3 aliphatic carbocycles. The molecule has 0 bridgehead atoms. The van der Waals surface area contributed by atoms with Crippen molar-refractivity contribution in [2.24, 2.45) is 23.7 Å². The van der Waals surface area contributed by atoms with Crippen LogP contribution in [0.4, 0.5) is 0 Å². The minimum atomic E-state index is -0.00903. The molecule has 0 radical (unpaired) electrons. The van der Waals surface area contributed by atoms with Gasteiger partial charge in [-0.15, -0.1) is 0 Å². The van der Waals surface area contributed by atoms with Crippen molar-refractivity contribution in [2.45, 2.75) is 25.7 Å². The first kappa shape index (κ1) is 10.0. The molecule has 0 amide bonds. The Morgan fingerprint density at radius 2 is 0.875 bits per heavy atom. The zero-order chi connectivity index (χ0) is 11.1. The molecule has 0 heterocycles. The number of carbonyl (C=O) groups is 2. The molecule has 0 aliphatic heterocycles. The standard InChI is InChI=1S/C14H16O2/c15-13-9-5-1-2-6-10(9)14(16)12-8-4-3-7-11(12)13/h1-4,9-12H,5-8H2/t9-,10-,11-,12+/m0/s1. The number of allylic oxidation sites excluding steroid dienone is 4. The lowest BCUT2D eigenvalue weighted by Gasteiger charge is -2.40. The molecule has 3 rings (SSSR count). The number of fused-ring (bicyclic) bond motifs is 2. The Hall–Kier alpha value is -1.18. The summed E-state index contributed by atoms with van der Waals surface area (Å²) in [5.74, 6) is 0.664. The largest absolute Gasteiger partial charge is 0.299 e. The van der Waals surface area contributed by atoms with Gasteiger partial charge in [0.25, 0.3) is 0 Å². The Morgan fingerprint density at radius 3 is 1.12 bits per heavy atom. The molecule has 4 atom stereocenters. The minimum absolute atomic E-state index is 0.00903. The Bertz CT molecular complexity index is 322.